The normalized spacial score (nSPS) is 14.4. The molecule has 0 unspecified atom stereocenters. The first-order chi connectivity index (χ1) is 15.4. The van der Waals surface area contributed by atoms with Crippen molar-refractivity contribution < 1.29 is 13.6 Å². The Morgan fingerprint density at radius 2 is 1.78 bits per heavy atom. The Kier molecular flexibility index (Phi) is 6.48. The van der Waals surface area contributed by atoms with Crippen LogP contribution in [0.5, 0.6) is 0 Å². The van der Waals surface area contributed by atoms with Crippen molar-refractivity contribution in [2.24, 2.45) is 0 Å². The summed E-state index contributed by atoms with van der Waals surface area (Å²) in [6.07, 6.45) is 1.57. The van der Waals surface area contributed by atoms with E-state index in [-0.39, 0.29) is 17.3 Å². The number of nitrogens with zero attached hydrogens (tertiary/aromatic N) is 4. The molecule has 3 aromatic rings. The van der Waals surface area contributed by atoms with Gasteiger partial charge in [0.1, 0.15) is 16.7 Å². The molecule has 1 aliphatic rings. The van der Waals surface area contributed by atoms with E-state index in [0.717, 1.165) is 12.1 Å². The molecule has 166 valence electrons. The number of piperazine rings is 1. The third-order valence-corrected chi connectivity index (χ3v) is 5.54. The summed E-state index contributed by atoms with van der Waals surface area (Å²) in [7, 11) is 0. The second-order valence-corrected chi connectivity index (χ2v) is 7.71. The van der Waals surface area contributed by atoms with Crippen molar-refractivity contribution in [2.75, 3.05) is 42.9 Å². The van der Waals surface area contributed by atoms with E-state index in [0.29, 0.717) is 37.6 Å². The van der Waals surface area contributed by atoms with E-state index < -0.39 is 23.1 Å². The molecule has 1 saturated heterocycles. The Bertz CT molecular complexity index is 1180. The molecule has 2 aromatic carbocycles. The van der Waals surface area contributed by atoms with Gasteiger partial charge in [-0.05, 0) is 24.3 Å². The highest BCUT2D eigenvalue weighted by atomic mass is 35.5. The highest BCUT2D eigenvalue weighted by Crippen LogP contribution is 2.23. The second-order valence-electron chi connectivity index (χ2n) is 7.33. The van der Waals surface area contributed by atoms with Crippen molar-refractivity contribution in [3.63, 3.8) is 0 Å². The van der Waals surface area contributed by atoms with E-state index in [1.54, 1.807) is 18.3 Å². The predicted octanol–water partition coefficient (Wildman–Crippen LogP) is 2.92. The average Bonchev–Trinajstić information content (AvgIpc) is 2.79. The Hall–Kier alpha value is -3.30. The summed E-state index contributed by atoms with van der Waals surface area (Å²) in [6, 6.07) is 12.0. The van der Waals surface area contributed by atoms with Gasteiger partial charge >= 0.3 is 0 Å². The SMILES string of the molecule is O=C(CN1CCN(c2cnn(-c3ccccc3)c(=O)c2Cl)CC1)Nc1ccc(F)cc1F. The van der Waals surface area contributed by atoms with Crippen molar-refractivity contribution in [2.45, 2.75) is 0 Å². The molecule has 1 amide bonds. The fourth-order valence-electron chi connectivity index (χ4n) is 3.53. The van der Waals surface area contributed by atoms with Crippen LogP contribution in [0.4, 0.5) is 20.2 Å². The van der Waals surface area contributed by atoms with Gasteiger partial charge in [0.25, 0.3) is 5.56 Å². The van der Waals surface area contributed by atoms with Crippen LogP contribution in [0.1, 0.15) is 0 Å². The van der Waals surface area contributed by atoms with Gasteiger partial charge in [-0.1, -0.05) is 29.8 Å². The average molecular weight is 460 g/mol. The molecule has 0 aliphatic carbocycles. The van der Waals surface area contributed by atoms with E-state index >= 15 is 0 Å². The number of hydrogen-bond acceptors (Lipinski definition) is 5. The molecule has 1 aliphatic heterocycles. The first-order valence-electron chi connectivity index (χ1n) is 9.98. The summed E-state index contributed by atoms with van der Waals surface area (Å²) in [6.45, 7) is 2.21. The van der Waals surface area contributed by atoms with Gasteiger partial charge in [0.2, 0.25) is 5.91 Å². The Morgan fingerprint density at radius 1 is 1.06 bits per heavy atom. The van der Waals surface area contributed by atoms with Gasteiger partial charge in [-0.2, -0.15) is 9.78 Å². The fourth-order valence-corrected chi connectivity index (χ4v) is 3.78. The molecule has 4 rings (SSSR count). The standard InChI is InChI=1S/C22H20ClF2N5O2/c23-21-19(13-26-30(22(21)32)16-4-2-1-3-5-16)29-10-8-28(9-11-29)14-20(31)27-18-7-6-15(24)12-17(18)25/h1-7,12-13H,8-11,14H2,(H,27,31). The molecular formula is C22H20ClF2N5O2. The summed E-state index contributed by atoms with van der Waals surface area (Å²) in [4.78, 5) is 28.8. The zero-order valence-electron chi connectivity index (χ0n) is 17.0. The van der Waals surface area contributed by atoms with E-state index in [4.69, 9.17) is 11.6 Å². The van der Waals surface area contributed by atoms with Crippen LogP contribution in [0.3, 0.4) is 0 Å². The molecule has 7 nitrogen and oxygen atoms in total. The van der Waals surface area contributed by atoms with Crippen molar-refractivity contribution in [3.8, 4) is 5.69 Å². The van der Waals surface area contributed by atoms with E-state index in [1.165, 1.54) is 10.7 Å². The van der Waals surface area contributed by atoms with Gasteiger partial charge in [-0.15, -0.1) is 0 Å². The molecule has 10 heteroatoms. The minimum Gasteiger partial charge on any atom is -0.366 e. The number of nitrogens with one attached hydrogen (secondary N) is 1. The molecule has 32 heavy (non-hydrogen) atoms. The van der Waals surface area contributed by atoms with Crippen LogP contribution < -0.4 is 15.8 Å². The molecule has 1 fully saturated rings. The molecule has 0 radical (unpaired) electrons. The summed E-state index contributed by atoms with van der Waals surface area (Å²) < 4.78 is 28.0. The number of carbonyl (C=O) groups excluding carboxylic acids is 1. The Morgan fingerprint density at radius 3 is 2.47 bits per heavy atom. The number of halogens is 3. The molecule has 1 N–H and O–H groups in total. The summed E-state index contributed by atoms with van der Waals surface area (Å²) in [5.74, 6) is -1.93. The van der Waals surface area contributed by atoms with Crippen molar-refractivity contribution in [1.29, 1.82) is 0 Å². The summed E-state index contributed by atoms with van der Waals surface area (Å²) >= 11 is 6.36. The van der Waals surface area contributed by atoms with Crippen LogP contribution in [0.2, 0.25) is 5.02 Å². The summed E-state index contributed by atoms with van der Waals surface area (Å²) in [5.41, 5.74) is 0.700. The largest absolute Gasteiger partial charge is 0.366 e. The van der Waals surface area contributed by atoms with Gasteiger partial charge in [-0.25, -0.2) is 8.78 Å². The lowest BCUT2D eigenvalue weighted by atomic mass is 10.2. The number of anilines is 2. The molecule has 0 spiro atoms. The third kappa shape index (κ3) is 4.79. The number of aromatic nitrogens is 2. The number of amides is 1. The maximum Gasteiger partial charge on any atom is 0.292 e. The second kappa shape index (κ2) is 9.46. The zero-order chi connectivity index (χ0) is 22.7. The smallest absolute Gasteiger partial charge is 0.292 e. The van der Waals surface area contributed by atoms with Crippen LogP contribution in [0.25, 0.3) is 5.69 Å². The minimum absolute atomic E-state index is 0.0617. The quantitative estimate of drug-likeness (QED) is 0.635. The van der Waals surface area contributed by atoms with Crippen LogP contribution in [-0.2, 0) is 4.79 Å². The number of rotatable bonds is 5. The lowest BCUT2D eigenvalue weighted by Gasteiger charge is -2.35. The van der Waals surface area contributed by atoms with Gasteiger partial charge in [0.15, 0.2) is 0 Å². The van der Waals surface area contributed by atoms with Crippen LogP contribution in [0.15, 0.2) is 59.5 Å². The molecular weight excluding hydrogens is 440 g/mol. The fraction of sp³-hybridized carbons (Fsp3) is 0.227. The van der Waals surface area contributed by atoms with E-state index in [2.05, 4.69) is 10.4 Å². The van der Waals surface area contributed by atoms with Gasteiger partial charge < -0.3 is 10.2 Å². The first-order valence-corrected chi connectivity index (χ1v) is 10.4. The van der Waals surface area contributed by atoms with E-state index in [1.807, 2.05) is 28.0 Å². The van der Waals surface area contributed by atoms with Crippen LogP contribution in [-0.4, -0.2) is 53.3 Å². The van der Waals surface area contributed by atoms with E-state index in [9.17, 15) is 18.4 Å². The highest BCUT2D eigenvalue weighted by molar-refractivity contribution is 6.33. The lowest BCUT2D eigenvalue weighted by Crippen LogP contribution is -2.49. The van der Waals surface area contributed by atoms with Gasteiger partial charge in [0, 0.05) is 32.2 Å². The number of carbonyl (C=O) groups is 1. The molecule has 0 bridgehead atoms. The third-order valence-electron chi connectivity index (χ3n) is 5.19. The molecule has 0 saturated carbocycles. The molecule has 0 atom stereocenters. The maximum absolute atomic E-state index is 13.7. The lowest BCUT2D eigenvalue weighted by molar-refractivity contribution is -0.117. The van der Waals surface area contributed by atoms with Crippen LogP contribution >= 0.6 is 11.6 Å². The van der Waals surface area contributed by atoms with Gasteiger partial charge in [0.05, 0.1) is 29.8 Å². The number of hydrogen-bond donors (Lipinski definition) is 1. The Labute approximate surface area is 187 Å². The topological polar surface area (TPSA) is 70.5 Å². The Balaban J connectivity index is 1.37. The number of benzene rings is 2. The summed E-state index contributed by atoms with van der Waals surface area (Å²) in [5, 5.41) is 6.79. The first kappa shape index (κ1) is 21.9. The van der Waals surface area contributed by atoms with Crippen LogP contribution in [0, 0.1) is 11.6 Å². The van der Waals surface area contributed by atoms with Crippen molar-refractivity contribution in [3.05, 3.63) is 81.7 Å². The highest BCUT2D eigenvalue weighted by Gasteiger charge is 2.23. The van der Waals surface area contributed by atoms with Crippen molar-refractivity contribution in [1.82, 2.24) is 14.7 Å². The maximum atomic E-state index is 13.7. The van der Waals surface area contributed by atoms with Gasteiger partial charge in [-0.3, -0.25) is 14.5 Å². The predicted molar refractivity (Wildman–Crippen MR) is 118 cm³/mol. The molecule has 1 aromatic heterocycles. The van der Waals surface area contributed by atoms with Crippen molar-refractivity contribution >= 4 is 28.9 Å². The molecule has 2 heterocycles. The monoisotopic (exact) mass is 459 g/mol. The number of para-hydroxylation sites is 1. The zero-order valence-corrected chi connectivity index (χ0v) is 17.7. The minimum atomic E-state index is -0.824.